The van der Waals surface area contributed by atoms with Gasteiger partial charge in [0.05, 0.1) is 11.4 Å². The Bertz CT molecular complexity index is 1170. The molecule has 1 fully saturated rings. The Morgan fingerprint density at radius 1 is 1.28 bits per heavy atom. The normalized spacial score (nSPS) is 18.5. The number of thiophene rings is 1. The Morgan fingerprint density at radius 3 is 2.78 bits per heavy atom. The number of amides is 1. The van der Waals surface area contributed by atoms with Crippen LogP contribution in [0.15, 0.2) is 24.3 Å². The summed E-state index contributed by atoms with van der Waals surface area (Å²) in [5, 5.41) is 3.43. The molecule has 1 amide bonds. The van der Waals surface area contributed by atoms with Crippen molar-refractivity contribution in [2.75, 3.05) is 30.3 Å². The summed E-state index contributed by atoms with van der Waals surface area (Å²) < 4.78 is 43.3. The van der Waals surface area contributed by atoms with E-state index in [2.05, 4.69) is 10.3 Å². The summed E-state index contributed by atoms with van der Waals surface area (Å²) in [6.07, 6.45) is -0.280. The Balaban J connectivity index is 1.42. The number of hydrogen-bond donors (Lipinski definition) is 2. The molecule has 3 heterocycles. The van der Waals surface area contributed by atoms with Crippen LogP contribution in [-0.2, 0) is 6.42 Å². The van der Waals surface area contributed by atoms with Crippen molar-refractivity contribution in [3.05, 3.63) is 52.0 Å². The molecule has 4 rings (SSSR count). The van der Waals surface area contributed by atoms with Crippen LogP contribution in [0.2, 0.25) is 0 Å². The number of aryl methyl sites for hydroxylation is 1. The molecule has 3 N–H and O–H groups in total. The van der Waals surface area contributed by atoms with Gasteiger partial charge in [0.25, 0.3) is 5.91 Å². The maximum Gasteiger partial charge on any atom is 0.263 e. The highest BCUT2D eigenvalue weighted by Crippen LogP contribution is 2.33. The average Bonchev–Trinajstić information content (AvgIpc) is 3.29. The molecule has 2 aromatic heterocycles. The molecule has 32 heavy (non-hydrogen) atoms. The van der Waals surface area contributed by atoms with Crippen LogP contribution in [0.3, 0.4) is 0 Å². The number of nitrogens with one attached hydrogen (secondary N) is 1. The van der Waals surface area contributed by atoms with Gasteiger partial charge in [-0.25, -0.2) is 18.2 Å². The number of nitrogen functional groups attached to an aromatic ring is 1. The number of benzene rings is 1. The van der Waals surface area contributed by atoms with Gasteiger partial charge in [-0.3, -0.25) is 4.79 Å². The van der Waals surface area contributed by atoms with Crippen LogP contribution in [0.4, 0.5) is 24.5 Å². The minimum atomic E-state index is -1.04. The predicted octanol–water partition coefficient (Wildman–Crippen LogP) is 4.62. The largest absolute Gasteiger partial charge is 0.397 e. The summed E-state index contributed by atoms with van der Waals surface area (Å²) in [5.74, 6) is -1.72. The molecule has 1 aliphatic heterocycles. The highest BCUT2D eigenvalue weighted by molar-refractivity contribution is 7.21. The van der Waals surface area contributed by atoms with E-state index >= 15 is 0 Å². The first-order valence-electron chi connectivity index (χ1n) is 10.6. The van der Waals surface area contributed by atoms with Crippen molar-refractivity contribution in [1.29, 1.82) is 0 Å². The first kappa shape index (κ1) is 22.4. The number of anilines is 2. The monoisotopic (exact) mass is 462 g/mol. The number of fused-ring (bicyclic) bond motifs is 1. The second kappa shape index (κ2) is 8.97. The molecular weight excluding hydrogens is 437 g/mol. The zero-order valence-corrected chi connectivity index (χ0v) is 18.7. The maximum atomic E-state index is 14.7. The molecule has 1 aromatic carbocycles. The lowest BCUT2D eigenvalue weighted by Crippen LogP contribution is -2.26. The number of carbonyl (C=O) groups excluding carboxylic acids is 1. The Kier molecular flexibility index (Phi) is 6.28. The molecule has 0 spiro atoms. The summed E-state index contributed by atoms with van der Waals surface area (Å²) in [7, 11) is 0. The van der Waals surface area contributed by atoms with Crippen LogP contribution in [0.5, 0.6) is 0 Å². The van der Waals surface area contributed by atoms with E-state index in [0.29, 0.717) is 28.4 Å². The van der Waals surface area contributed by atoms with Gasteiger partial charge >= 0.3 is 0 Å². The minimum absolute atomic E-state index is 0.0647. The summed E-state index contributed by atoms with van der Waals surface area (Å²) in [5.41, 5.74) is 7.51. The molecule has 0 aliphatic carbocycles. The third-order valence-electron chi connectivity index (χ3n) is 5.96. The van der Waals surface area contributed by atoms with Crippen LogP contribution in [0, 0.1) is 24.5 Å². The van der Waals surface area contributed by atoms with Crippen LogP contribution >= 0.6 is 11.3 Å². The van der Waals surface area contributed by atoms with Gasteiger partial charge in [-0.15, -0.1) is 11.3 Å². The van der Waals surface area contributed by atoms with Crippen LogP contribution < -0.4 is 16.0 Å². The topological polar surface area (TPSA) is 71.2 Å². The van der Waals surface area contributed by atoms with E-state index in [1.165, 1.54) is 11.3 Å². The molecule has 1 saturated heterocycles. The molecule has 5 nitrogen and oxygen atoms in total. The van der Waals surface area contributed by atoms with E-state index in [1.54, 1.807) is 4.90 Å². The van der Waals surface area contributed by atoms with Gasteiger partial charge in [0.1, 0.15) is 27.5 Å². The van der Waals surface area contributed by atoms with E-state index in [9.17, 15) is 18.0 Å². The molecule has 170 valence electrons. The third kappa shape index (κ3) is 4.26. The second-order valence-electron chi connectivity index (χ2n) is 8.14. The molecule has 1 aliphatic rings. The highest BCUT2D eigenvalue weighted by atomic mass is 32.1. The van der Waals surface area contributed by atoms with Gasteiger partial charge in [-0.1, -0.05) is 6.92 Å². The van der Waals surface area contributed by atoms with Gasteiger partial charge in [-0.05, 0) is 43.5 Å². The van der Waals surface area contributed by atoms with E-state index in [0.717, 1.165) is 23.2 Å². The van der Waals surface area contributed by atoms with Crippen molar-refractivity contribution < 1.29 is 18.0 Å². The van der Waals surface area contributed by atoms with Gasteiger partial charge in [0.2, 0.25) is 0 Å². The number of nitrogens with zero attached hydrogens (tertiary/aromatic N) is 2. The molecular formula is C23H25F3N4OS. The highest BCUT2D eigenvalue weighted by Gasteiger charge is 2.33. The summed E-state index contributed by atoms with van der Waals surface area (Å²) in [6.45, 7) is 4.29. The lowest BCUT2D eigenvalue weighted by Gasteiger charge is -2.20. The molecule has 9 heteroatoms. The standard InChI is InChI=1S/C23H25F3N4OS/c1-3-13-10-30(11-18(13)26)19-9-16(24)14(8-17(19)25)6-7-28-22(31)21-20(27)15-5-4-12(2)29-23(15)32-21/h4-5,8-9,13,18H,3,6-7,10-11,27H2,1-2H3,(H,28,31)/t13-,18-/m0/s1. The average molecular weight is 463 g/mol. The fourth-order valence-electron chi connectivity index (χ4n) is 4.07. The van der Waals surface area contributed by atoms with Gasteiger partial charge in [0, 0.05) is 42.7 Å². The number of alkyl halides is 1. The number of carbonyl (C=O) groups is 1. The van der Waals surface area contributed by atoms with Crippen molar-refractivity contribution >= 4 is 38.8 Å². The predicted molar refractivity (Wildman–Crippen MR) is 122 cm³/mol. The van der Waals surface area contributed by atoms with E-state index in [4.69, 9.17) is 5.73 Å². The number of hydrogen-bond acceptors (Lipinski definition) is 5. The van der Waals surface area contributed by atoms with Crippen molar-refractivity contribution in [3.63, 3.8) is 0 Å². The number of halogens is 3. The Labute approximate surface area is 188 Å². The number of pyridine rings is 1. The molecule has 3 aromatic rings. The number of aromatic nitrogens is 1. The van der Waals surface area contributed by atoms with E-state index in [-0.39, 0.29) is 42.6 Å². The lowest BCUT2D eigenvalue weighted by molar-refractivity contribution is 0.0959. The summed E-state index contributed by atoms with van der Waals surface area (Å²) in [4.78, 5) is 19.5. The minimum Gasteiger partial charge on any atom is -0.397 e. The summed E-state index contributed by atoms with van der Waals surface area (Å²) >= 11 is 1.20. The van der Waals surface area contributed by atoms with Crippen LogP contribution in [0.1, 0.15) is 34.3 Å². The Hall–Kier alpha value is -2.81. The lowest BCUT2D eigenvalue weighted by atomic mass is 10.1. The quantitative estimate of drug-likeness (QED) is 0.561. The van der Waals surface area contributed by atoms with Crippen molar-refractivity contribution in [2.24, 2.45) is 5.92 Å². The first-order chi connectivity index (χ1) is 15.3. The maximum absolute atomic E-state index is 14.7. The Morgan fingerprint density at radius 2 is 2.06 bits per heavy atom. The number of rotatable bonds is 6. The van der Waals surface area contributed by atoms with Gasteiger partial charge in [0.15, 0.2) is 0 Å². The molecule has 2 atom stereocenters. The van der Waals surface area contributed by atoms with Gasteiger partial charge < -0.3 is 16.0 Å². The molecule has 0 saturated carbocycles. The van der Waals surface area contributed by atoms with E-state index < -0.39 is 17.8 Å². The second-order valence-corrected chi connectivity index (χ2v) is 9.14. The smallest absolute Gasteiger partial charge is 0.263 e. The van der Waals surface area contributed by atoms with Crippen LogP contribution in [-0.4, -0.2) is 36.7 Å². The fourth-order valence-corrected chi connectivity index (χ4v) is 5.13. The molecule has 0 radical (unpaired) electrons. The molecule has 0 bridgehead atoms. The van der Waals surface area contributed by atoms with Crippen molar-refractivity contribution in [2.45, 2.75) is 32.9 Å². The first-order valence-corrected chi connectivity index (χ1v) is 11.4. The summed E-state index contributed by atoms with van der Waals surface area (Å²) in [6, 6.07) is 5.90. The number of nitrogens with two attached hydrogens (primary N) is 1. The van der Waals surface area contributed by atoms with Gasteiger partial charge in [-0.2, -0.15) is 0 Å². The third-order valence-corrected chi connectivity index (χ3v) is 7.08. The SMILES string of the molecule is CC[C@H]1CN(c2cc(F)c(CCNC(=O)c3sc4nc(C)ccc4c3N)cc2F)C[C@@H]1F. The van der Waals surface area contributed by atoms with Crippen LogP contribution in [0.25, 0.3) is 10.2 Å². The van der Waals surface area contributed by atoms with E-state index in [1.807, 2.05) is 26.0 Å². The van der Waals surface area contributed by atoms with Crippen molar-refractivity contribution in [3.8, 4) is 0 Å². The fraction of sp³-hybridized carbons (Fsp3) is 0.391. The zero-order chi connectivity index (χ0) is 23.0. The zero-order valence-electron chi connectivity index (χ0n) is 17.9. The van der Waals surface area contributed by atoms with Crippen molar-refractivity contribution in [1.82, 2.24) is 10.3 Å². The molecule has 0 unspecified atom stereocenters.